The first-order chi connectivity index (χ1) is 6.24. The van der Waals surface area contributed by atoms with Crippen LogP contribution in [-0.2, 0) is 0 Å². The normalized spacial score (nSPS) is 15.2. The van der Waals surface area contributed by atoms with Gasteiger partial charge in [0.25, 0.3) is 0 Å². The molecule has 0 aliphatic carbocycles. The fraction of sp³-hybridized carbons (Fsp3) is 0.667. The van der Waals surface area contributed by atoms with Gasteiger partial charge in [0.1, 0.15) is 0 Å². The van der Waals surface area contributed by atoms with Gasteiger partial charge in [0.15, 0.2) is 0 Å². The molecule has 0 radical (unpaired) electrons. The minimum atomic E-state index is -0.294. The number of hydrogen-bond acceptors (Lipinski definition) is 1. The van der Waals surface area contributed by atoms with Gasteiger partial charge >= 0.3 is 0 Å². The molecule has 1 nitrogen and oxygen atoms in total. The van der Waals surface area contributed by atoms with Crippen LogP contribution in [0.5, 0.6) is 0 Å². The van der Waals surface area contributed by atoms with Crippen molar-refractivity contribution in [1.29, 1.82) is 0 Å². The Morgan fingerprint density at radius 2 is 1.92 bits per heavy atom. The highest BCUT2D eigenvalue weighted by molar-refractivity contribution is 5.05. The van der Waals surface area contributed by atoms with E-state index < -0.39 is 0 Å². The molecule has 0 aromatic carbocycles. The van der Waals surface area contributed by atoms with E-state index in [1.807, 2.05) is 12.2 Å². The van der Waals surface area contributed by atoms with Crippen LogP contribution in [0.15, 0.2) is 23.8 Å². The average molecular weight is 182 g/mol. The third-order valence-electron chi connectivity index (χ3n) is 2.01. The van der Waals surface area contributed by atoms with Crippen molar-refractivity contribution >= 4 is 0 Å². The van der Waals surface area contributed by atoms with Crippen molar-refractivity contribution in [1.82, 2.24) is 0 Å². The molecule has 0 saturated heterocycles. The van der Waals surface area contributed by atoms with E-state index in [2.05, 4.69) is 26.8 Å². The van der Waals surface area contributed by atoms with Crippen molar-refractivity contribution in [3.8, 4) is 0 Å². The van der Waals surface area contributed by atoms with Crippen molar-refractivity contribution in [3.63, 3.8) is 0 Å². The second-order valence-electron chi connectivity index (χ2n) is 3.23. The molecule has 0 aromatic rings. The summed E-state index contributed by atoms with van der Waals surface area (Å²) < 4.78 is 0. The zero-order chi connectivity index (χ0) is 10.1. The highest BCUT2D eigenvalue weighted by atomic mass is 16.3. The lowest BCUT2D eigenvalue weighted by Gasteiger charge is -2.07. The largest absolute Gasteiger partial charge is 0.389 e. The molecule has 13 heavy (non-hydrogen) atoms. The molecule has 0 aliphatic rings. The smallest absolute Gasteiger partial charge is 0.0757 e. The van der Waals surface area contributed by atoms with Gasteiger partial charge in [-0.2, -0.15) is 0 Å². The maximum Gasteiger partial charge on any atom is 0.0757 e. The van der Waals surface area contributed by atoms with Gasteiger partial charge in [-0.3, -0.25) is 0 Å². The van der Waals surface area contributed by atoms with E-state index >= 15 is 0 Å². The molecule has 1 heteroatoms. The molecule has 0 heterocycles. The van der Waals surface area contributed by atoms with E-state index in [9.17, 15) is 5.11 Å². The topological polar surface area (TPSA) is 20.2 Å². The molecule has 1 atom stereocenters. The Labute approximate surface area is 82.2 Å². The summed E-state index contributed by atoms with van der Waals surface area (Å²) in [6.45, 7) is 6.34. The lowest BCUT2D eigenvalue weighted by atomic mass is 10.0. The molecule has 0 saturated carbocycles. The predicted molar refractivity (Wildman–Crippen MR) is 58.7 cm³/mol. The first-order valence-electron chi connectivity index (χ1n) is 5.27. The fourth-order valence-electron chi connectivity index (χ4n) is 1.29. The van der Waals surface area contributed by atoms with E-state index in [1.54, 1.807) is 0 Å². The van der Waals surface area contributed by atoms with Gasteiger partial charge in [-0.1, -0.05) is 44.6 Å². The van der Waals surface area contributed by atoms with E-state index in [1.165, 1.54) is 5.57 Å². The van der Waals surface area contributed by atoms with Gasteiger partial charge < -0.3 is 5.11 Å². The van der Waals surface area contributed by atoms with Crippen LogP contribution in [0.25, 0.3) is 0 Å². The van der Waals surface area contributed by atoms with E-state index in [4.69, 9.17) is 0 Å². The third-order valence-corrected chi connectivity index (χ3v) is 2.01. The number of aliphatic hydroxyl groups excluding tert-OH is 1. The first-order valence-corrected chi connectivity index (χ1v) is 5.27. The summed E-state index contributed by atoms with van der Waals surface area (Å²) in [7, 11) is 0. The van der Waals surface area contributed by atoms with E-state index in [-0.39, 0.29) is 6.10 Å². The van der Waals surface area contributed by atoms with Crippen LogP contribution in [0.2, 0.25) is 0 Å². The number of rotatable bonds is 6. The number of allylic oxidation sites excluding steroid dienone is 2. The van der Waals surface area contributed by atoms with Gasteiger partial charge in [0.2, 0.25) is 0 Å². The summed E-state index contributed by atoms with van der Waals surface area (Å²) in [5.74, 6) is 0. The molecule has 0 aliphatic heterocycles. The Morgan fingerprint density at radius 3 is 2.38 bits per heavy atom. The van der Waals surface area contributed by atoms with Crippen LogP contribution in [0.1, 0.15) is 46.5 Å². The molecule has 0 rings (SSSR count). The molecule has 0 aromatic heterocycles. The molecule has 1 unspecified atom stereocenters. The molecular weight excluding hydrogens is 160 g/mol. The molecular formula is C12H22O. The van der Waals surface area contributed by atoms with E-state index in [0.29, 0.717) is 0 Å². The Hall–Kier alpha value is -0.560. The minimum absolute atomic E-state index is 0.294. The molecule has 0 fully saturated rings. The predicted octanol–water partition coefficient (Wildman–Crippen LogP) is 3.45. The zero-order valence-corrected chi connectivity index (χ0v) is 9.09. The van der Waals surface area contributed by atoms with Gasteiger partial charge in [0, 0.05) is 0 Å². The second-order valence-corrected chi connectivity index (χ2v) is 3.23. The highest BCUT2D eigenvalue weighted by Gasteiger charge is 2.01. The monoisotopic (exact) mass is 182 g/mol. The average Bonchev–Trinajstić information content (AvgIpc) is 2.14. The Bertz CT molecular complexity index is 168. The van der Waals surface area contributed by atoms with Gasteiger partial charge in [-0.25, -0.2) is 0 Å². The summed E-state index contributed by atoms with van der Waals surface area (Å²) in [5.41, 5.74) is 1.36. The van der Waals surface area contributed by atoms with Crippen molar-refractivity contribution in [3.05, 3.63) is 23.8 Å². The number of hydrogen-bond donors (Lipinski definition) is 1. The van der Waals surface area contributed by atoms with Crippen LogP contribution < -0.4 is 0 Å². The van der Waals surface area contributed by atoms with Gasteiger partial charge in [-0.15, -0.1) is 0 Å². The van der Waals surface area contributed by atoms with Crippen molar-refractivity contribution < 1.29 is 5.11 Å². The molecule has 0 spiro atoms. The second kappa shape index (κ2) is 8.06. The van der Waals surface area contributed by atoms with Crippen LogP contribution in [-0.4, -0.2) is 11.2 Å². The summed E-state index contributed by atoms with van der Waals surface area (Å²) in [6.07, 6.45) is 9.72. The molecule has 1 N–H and O–H groups in total. The molecule has 76 valence electrons. The maximum absolute atomic E-state index is 9.58. The zero-order valence-electron chi connectivity index (χ0n) is 9.09. The quantitative estimate of drug-likeness (QED) is 0.624. The van der Waals surface area contributed by atoms with Crippen molar-refractivity contribution in [2.45, 2.75) is 52.6 Å². The summed E-state index contributed by atoms with van der Waals surface area (Å²) in [4.78, 5) is 0. The fourth-order valence-corrected chi connectivity index (χ4v) is 1.29. The summed E-state index contributed by atoms with van der Waals surface area (Å²) in [5, 5.41) is 9.58. The third kappa shape index (κ3) is 6.59. The van der Waals surface area contributed by atoms with E-state index in [0.717, 1.165) is 25.7 Å². The summed E-state index contributed by atoms with van der Waals surface area (Å²) >= 11 is 0. The number of aliphatic hydroxyl groups is 1. The minimum Gasteiger partial charge on any atom is -0.389 e. The Morgan fingerprint density at radius 1 is 1.23 bits per heavy atom. The van der Waals surface area contributed by atoms with Crippen molar-refractivity contribution in [2.24, 2.45) is 0 Å². The van der Waals surface area contributed by atoms with Crippen LogP contribution in [0, 0.1) is 0 Å². The standard InChI is InChI=1S/C12H22O/c1-4-7-9-12(13)10-11(6-3)8-5-2/h7-9,12-13H,4-6,10H2,1-3H3. The lowest BCUT2D eigenvalue weighted by Crippen LogP contribution is -2.03. The maximum atomic E-state index is 9.58. The van der Waals surface area contributed by atoms with Crippen LogP contribution in [0.4, 0.5) is 0 Å². The van der Waals surface area contributed by atoms with Gasteiger partial charge in [0.05, 0.1) is 6.10 Å². The Balaban J connectivity index is 3.93. The lowest BCUT2D eigenvalue weighted by molar-refractivity contribution is 0.222. The molecule has 0 bridgehead atoms. The SMILES string of the molecule is CCC=CC(O)CC(=CCC)CC. The van der Waals surface area contributed by atoms with Crippen LogP contribution in [0.3, 0.4) is 0 Å². The van der Waals surface area contributed by atoms with Crippen LogP contribution >= 0.6 is 0 Å². The van der Waals surface area contributed by atoms with Crippen molar-refractivity contribution in [2.75, 3.05) is 0 Å². The highest BCUT2D eigenvalue weighted by Crippen LogP contribution is 2.11. The summed E-state index contributed by atoms with van der Waals surface area (Å²) in [6, 6.07) is 0. The Kier molecular flexibility index (Phi) is 7.71. The molecule has 0 amide bonds. The first kappa shape index (κ1) is 12.4. The van der Waals surface area contributed by atoms with Gasteiger partial charge in [-0.05, 0) is 25.7 Å².